The zero-order chi connectivity index (χ0) is 15.2. The highest BCUT2D eigenvalue weighted by molar-refractivity contribution is 7.07. The number of thiophene rings is 1. The van der Waals surface area contributed by atoms with Gasteiger partial charge in [-0.05, 0) is 23.8 Å². The first-order chi connectivity index (χ1) is 9.90. The highest BCUT2D eigenvalue weighted by Crippen LogP contribution is 2.49. The molecule has 21 heavy (non-hydrogen) atoms. The summed E-state index contributed by atoms with van der Waals surface area (Å²) in [5.41, 5.74) is 1.34. The van der Waals surface area contributed by atoms with Crippen LogP contribution in [0.4, 0.5) is 0 Å². The summed E-state index contributed by atoms with van der Waals surface area (Å²) < 4.78 is 5.35. The van der Waals surface area contributed by atoms with E-state index in [1.165, 1.54) is 11.3 Å². The van der Waals surface area contributed by atoms with Crippen LogP contribution in [0, 0.1) is 17.7 Å². The van der Waals surface area contributed by atoms with Gasteiger partial charge in [0.25, 0.3) is 0 Å². The predicted octanol–water partition coefficient (Wildman–Crippen LogP) is 3.90. The van der Waals surface area contributed by atoms with Crippen LogP contribution in [0.2, 0.25) is 0 Å². The van der Waals surface area contributed by atoms with Gasteiger partial charge >= 0.3 is 0 Å². The van der Waals surface area contributed by atoms with Crippen molar-refractivity contribution in [2.24, 2.45) is 5.41 Å². The molecule has 0 amide bonds. The summed E-state index contributed by atoms with van der Waals surface area (Å²) in [6.45, 7) is 5.75. The van der Waals surface area contributed by atoms with Crippen LogP contribution in [-0.2, 0) is 4.79 Å². The molecule has 0 fully saturated rings. The number of carbonyl (C=O) groups is 1. The first-order valence-corrected chi connectivity index (χ1v) is 7.63. The molecule has 0 bridgehead atoms. The maximum Gasteiger partial charge on any atom is 0.167 e. The van der Waals surface area contributed by atoms with Crippen molar-refractivity contribution < 1.29 is 14.4 Å². The minimum Gasteiger partial charge on any atom is -0.511 e. The fourth-order valence-corrected chi connectivity index (χ4v) is 3.53. The summed E-state index contributed by atoms with van der Waals surface area (Å²) in [7, 11) is 0. The van der Waals surface area contributed by atoms with Crippen LogP contribution in [0.25, 0.3) is 5.57 Å². The molecule has 4 nitrogen and oxygen atoms in total. The smallest absolute Gasteiger partial charge is 0.167 e. The van der Waals surface area contributed by atoms with Gasteiger partial charge in [-0.15, -0.1) is 11.3 Å². The van der Waals surface area contributed by atoms with E-state index in [0.29, 0.717) is 23.3 Å². The highest BCUT2D eigenvalue weighted by atomic mass is 32.1. The van der Waals surface area contributed by atoms with Crippen LogP contribution in [0.5, 0.6) is 0 Å². The Morgan fingerprint density at radius 1 is 1.52 bits per heavy atom. The monoisotopic (exact) mass is 302 g/mol. The van der Waals surface area contributed by atoms with Gasteiger partial charge in [-0.2, -0.15) is 0 Å². The Balaban J connectivity index is 2.17. The lowest BCUT2D eigenvalue weighted by Gasteiger charge is -2.36. The maximum absolute atomic E-state index is 12.4. The van der Waals surface area contributed by atoms with E-state index >= 15 is 0 Å². The molecule has 1 aliphatic rings. The Kier molecular flexibility index (Phi) is 3.24. The fourth-order valence-electron chi connectivity index (χ4n) is 2.96. The van der Waals surface area contributed by atoms with Crippen LogP contribution in [-0.4, -0.2) is 16.0 Å². The second-order valence-corrected chi connectivity index (χ2v) is 6.80. The van der Waals surface area contributed by atoms with E-state index in [1.807, 2.05) is 32.2 Å². The van der Waals surface area contributed by atoms with Crippen molar-refractivity contribution in [3.05, 3.63) is 45.7 Å². The Bertz CT molecular complexity index is 710. The number of nitrogens with zero attached hydrogens (tertiary/aromatic N) is 1. The van der Waals surface area contributed by atoms with Crippen LogP contribution in [0.3, 0.4) is 0 Å². The molecule has 1 N–H and O–H groups in total. The van der Waals surface area contributed by atoms with Gasteiger partial charge in [0.05, 0.1) is 22.6 Å². The van der Waals surface area contributed by atoms with E-state index in [2.05, 4.69) is 10.5 Å². The highest BCUT2D eigenvalue weighted by Gasteiger charge is 2.45. The number of aromatic nitrogens is 1. The van der Waals surface area contributed by atoms with Crippen molar-refractivity contribution in [1.29, 1.82) is 0 Å². The number of aliphatic hydroxyl groups excluding tert-OH is 1. The average molecular weight is 302 g/mol. The second-order valence-electron chi connectivity index (χ2n) is 6.09. The Labute approximate surface area is 127 Å². The molecule has 0 saturated carbocycles. The maximum atomic E-state index is 12.4. The standard InChI is InChI=1S/C16H16NO3S/c1-9-6-12(20-17-9)14-15(19)13(10-4-5-21-8-10)11(18)7-16(14,2)3/h4-6,14,19H,7H2,1-3H3. The van der Waals surface area contributed by atoms with Crippen LogP contribution in [0.1, 0.15) is 43.2 Å². The van der Waals surface area contributed by atoms with Gasteiger partial charge in [0.2, 0.25) is 0 Å². The summed E-state index contributed by atoms with van der Waals surface area (Å²) in [6, 6.07) is 3.61. The molecule has 109 valence electrons. The molecule has 3 rings (SSSR count). The number of rotatable bonds is 2. The molecule has 0 saturated heterocycles. The molecular weight excluding hydrogens is 286 g/mol. The Morgan fingerprint density at radius 3 is 2.86 bits per heavy atom. The molecule has 1 aliphatic carbocycles. The normalized spacial score (nSPS) is 21.9. The zero-order valence-corrected chi connectivity index (χ0v) is 13.0. The number of aliphatic hydroxyl groups is 1. The summed E-state index contributed by atoms with van der Waals surface area (Å²) in [6.07, 6.45) is 0.348. The molecule has 0 aliphatic heterocycles. The third kappa shape index (κ3) is 2.31. The van der Waals surface area contributed by atoms with E-state index in [4.69, 9.17) is 4.52 Å². The topological polar surface area (TPSA) is 63.3 Å². The largest absolute Gasteiger partial charge is 0.511 e. The minimum atomic E-state index is -0.424. The number of carbonyl (C=O) groups excluding carboxylic acids is 1. The van der Waals surface area contributed by atoms with Gasteiger partial charge in [-0.3, -0.25) is 4.79 Å². The van der Waals surface area contributed by atoms with Crippen molar-refractivity contribution in [2.75, 3.05) is 0 Å². The summed E-state index contributed by atoms with van der Waals surface area (Å²) in [4.78, 5) is 12.4. The molecule has 0 aromatic carbocycles. The lowest BCUT2D eigenvalue weighted by molar-refractivity contribution is -0.116. The van der Waals surface area contributed by atoms with Crippen molar-refractivity contribution >= 4 is 22.7 Å². The number of hydrogen-bond donors (Lipinski definition) is 1. The van der Waals surface area contributed by atoms with E-state index in [0.717, 1.165) is 5.69 Å². The van der Waals surface area contributed by atoms with Crippen LogP contribution in [0.15, 0.2) is 27.8 Å². The van der Waals surface area contributed by atoms with Gasteiger partial charge in [-0.25, -0.2) is 0 Å². The Hall–Kier alpha value is -1.88. The van der Waals surface area contributed by atoms with Crippen LogP contribution < -0.4 is 0 Å². The lowest BCUT2D eigenvalue weighted by Crippen LogP contribution is -2.33. The first-order valence-electron chi connectivity index (χ1n) is 6.75. The average Bonchev–Trinajstić information content (AvgIpc) is 2.99. The van der Waals surface area contributed by atoms with Gasteiger partial charge in [-0.1, -0.05) is 19.0 Å². The SMILES string of the molecule is Cc1cc(C2C(O)=C(c3[c]scc3)C(=O)CC2(C)C)on1. The van der Waals surface area contributed by atoms with Crippen molar-refractivity contribution in [2.45, 2.75) is 33.1 Å². The molecule has 1 unspecified atom stereocenters. The summed E-state index contributed by atoms with van der Waals surface area (Å²) >= 11 is 1.38. The molecule has 2 heterocycles. The quantitative estimate of drug-likeness (QED) is 0.914. The van der Waals surface area contributed by atoms with Gasteiger partial charge in [0, 0.05) is 18.1 Å². The number of ketones is 1. The molecule has 5 heteroatoms. The van der Waals surface area contributed by atoms with Gasteiger partial charge in [0.15, 0.2) is 5.78 Å². The van der Waals surface area contributed by atoms with E-state index in [1.54, 1.807) is 6.07 Å². The van der Waals surface area contributed by atoms with E-state index in [-0.39, 0.29) is 17.5 Å². The minimum absolute atomic E-state index is 0.0559. The van der Waals surface area contributed by atoms with Crippen LogP contribution >= 0.6 is 11.3 Å². The van der Waals surface area contributed by atoms with E-state index in [9.17, 15) is 9.90 Å². The third-order valence-electron chi connectivity index (χ3n) is 3.88. The predicted molar refractivity (Wildman–Crippen MR) is 80.1 cm³/mol. The van der Waals surface area contributed by atoms with Crippen molar-refractivity contribution in [3.8, 4) is 0 Å². The molecule has 2 aromatic rings. The van der Waals surface area contributed by atoms with Crippen molar-refractivity contribution in [1.82, 2.24) is 5.16 Å². The number of aryl methyl sites for hydroxylation is 1. The fraction of sp³-hybridized carbons (Fsp3) is 0.375. The lowest BCUT2D eigenvalue weighted by atomic mass is 9.67. The molecular formula is C16H16NO3S. The summed E-state index contributed by atoms with van der Waals surface area (Å²) in [5, 5.41) is 19.5. The van der Waals surface area contributed by atoms with E-state index < -0.39 is 5.41 Å². The Morgan fingerprint density at radius 2 is 2.29 bits per heavy atom. The summed E-state index contributed by atoms with van der Waals surface area (Å²) in [5.74, 6) is 0.219. The van der Waals surface area contributed by atoms with Gasteiger partial charge < -0.3 is 9.63 Å². The third-order valence-corrected chi connectivity index (χ3v) is 4.49. The molecule has 1 radical (unpaired) electrons. The number of hydrogen-bond acceptors (Lipinski definition) is 5. The zero-order valence-electron chi connectivity index (χ0n) is 12.1. The molecule has 0 spiro atoms. The molecule has 2 aromatic heterocycles. The number of Topliss-reactive ketones (excluding diaryl/α,β-unsaturated/α-hetero) is 1. The number of allylic oxidation sites excluding steroid dienone is 2. The molecule has 1 atom stereocenters. The second kappa shape index (κ2) is 4.84. The van der Waals surface area contributed by atoms with Crippen molar-refractivity contribution in [3.63, 3.8) is 0 Å². The first kappa shape index (κ1) is 14.1. The van der Waals surface area contributed by atoms with Gasteiger partial charge in [0.1, 0.15) is 11.5 Å².